The van der Waals surface area contributed by atoms with E-state index in [0.29, 0.717) is 10.8 Å². The Morgan fingerprint density at radius 3 is 2.81 bits per heavy atom. The molecule has 0 unspecified atom stereocenters. The zero-order chi connectivity index (χ0) is 19.2. The van der Waals surface area contributed by atoms with Crippen molar-refractivity contribution in [3.8, 4) is 5.69 Å². The first kappa shape index (κ1) is 19.3. The minimum absolute atomic E-state index is 0.120. The van der Waals surface area contributed by atoms with Crippen molar-refractivity contribution < 1.29 is 14.0 Å². The van der Waals surface area contributed by atoms with Gasteiger partial charge in [0.2, 0.25) is 11.1 Å². The molecule has 1 fully saturated rings. The quantitative estimate of drug-likeness (QED) is 0.758. The van der Waals surface area contributed by atoms with Crippen LogP contribution in [0, 0.1) is 5.82 Å². The number of rotatable bonds is 5. The molecule has 2 N–H and O–H groups in total. The third kappa shape index (κ3) is 5.25. The lowest BCUT2D eigenvalue weighted by Gasteiger charge is -2.23. The summed E-state index contributed by atoms with van der Waals surface area (Å²) < 4.78 is 14.8. The number of benzene rings is 1. The van der Waals surface area contributed by atoms with Crippen molar-refractivity contribution in [1.29, 1.82) is 0 Å². The molecule has 1 aromatic heterocycles. The van der Waals surface area contributed by atoms with E-state index in [1.807, 2.05) is 0 Å². The minimum atomic E-state index is -0.611. The van der Waals surface area contributed by atoms with E-state index < -0.39 is 23.0 Å². The number of urea groups is 1. The van der Waals surface area contributed by atoms with Crippen molar-refractivity contribution in [3.05, 3.63) is 30.1 Å². The number of imide groups is 1. The second kappa shape index (κ2) is 8.94. The number of aromatic nitrogens is 4. The Bertz CT molecular complexity index is 808. The van der Waals surface area contributed by atoms with Crippen LogP contribution in [0.3, 0.4) is 0 Å². The number of nitrogens with one attached hydrogen (secondary N) is 2. The molecule has 144 valence electrons. The number of thioether (sulfide) groups is 1. The highest BCUT2D eigenvalue weighted by atomic mass is 32.2. The standard InChI is InChI=1S/C17H21FN6O2S/c1-11(15(25)20-16(26)19-13-7-3-2-4-8-13)27-17-21-22-23-24(17)14-9-5-6-12(18)10-14/h5-6,9-11,13H,2-4,7-8H2,1H3,(H2,19,20,25,26)/t11-/m0/s1. The molecular formula is C17H21FN6O2S. The summed E-state index contributed by atoms with van der Waals surface area (Å²) in [5.74, 6) is -0.855. The number of carbonyl (C=O) groups excluding carboxylic acids is 2. The van der Waals surface area contributed by atoms with Gasteiger partial charge in [0.05, 0.1) is 10.9 Å². The van der Waals surface area contributed by atoms with E-state index in [2.05, 4.69) is 26.2 Å². The van der Waals surface area contributed by atoms with E-state index in [4.69, 9.17) is 0 Å². The molecule has 1 saturated carbocycles. The van der Waals surface area contributed by atoms with Gasteiger partial charge in [-0.3, -0.25) is 10.1 Å². The van der Waals surface area contributed by atoms with Gasteiger partial charge in [0.15, 0.2) is 0 Å². The van der Waals surface area contributed by atoms with Gasteiger partial charge >= 0.3 is 6.03 Å². The van der Waals surface area contributed by atoms with Crippen LogP contribution in [0.4, 0.5) is 9.18 Å². The molecular weight excluding hydrogens is 371 g/mol. The number of hydrogen-bond acceptors (Lipinski definition) is 6. The maximum Gasteiger partial charge on any atom is 0.321 e. The van der Waals surface area contributed by atoms with Crippen LogP contribution in [0.5, 0.6) is 0 Å². The summed E-state index contributed by atoms with van der Waals surface area (Å²) in [4.78, 5) is 24.3. The lowest BCUT2D eigenvalue weighted by Crippen LogP contribution is -2.47. The van der Waals surface area contributed by atoms with E-state index in [0.717, 1.165) is 37.4 Å². The van der Waals surface area contributed by atoms with Crippen molar-refractivity contribution in [2.24, 2.45) is 0 Å². The van der Waals surface area contributed by atoms with Gasteiger partial charge in [-0.2, -0.15) is 4.68 Å². The molecule has 3 amide bonds. The highest BCUT2D eigenvalue weighted by Gasteiger charge is 2.22. The van der Waals surface area contributed by atoms with Gasteiger partial charge in [-0.15, -0.1) is 5.10 Å². The summed E-state index contributed by atoms with van der Waals surface area (Å²) in [6.07, 6.45) is 5.25. The molecule has 1 heterocycles. The van der Waals surface area contributed by atoms with E-state index in [1.54, 1.807) is 19.1 Å². The molecule has 1 aromatic carbocycles. The molecule has 0 saturated heterocycles. The second-order valence-corrected chi connectivity index (χ2v) is 7.72. The Hall–Kier alpha value is -2.49. The van der Waals surface area contributed by atoms with Crippen molar-refractivity contribution in [2.75, 3.05) is 0 Å². The molecule has 1 atom stereocenters. The fourth-order valence-electron chi connectivity index (χ4n) is 2.92. The van der Waals surface area contributed by atoms with Crippen molar-refractivity contribution in [3.63, 3.8) is 0 Å². The molecule has 27 heavy (non-hydrogen) atoms. The van der Waals surface area contributed by atoms with Crippen LogP contribution in [0.1, 0.15) is 39.0 Å². The van der Waals surface area contributed by atoms with Gasteiger partial charge in [0.1, 0.15) is 5.82 Å². The van der Waals surface area contributed by atoms with Crippen LogP contribution in [0.15, 0.2) is 29.4 Å². The zero-order valence-corrected chi connectivity index (χ0v) is 15.7. The first-order valence-corrected chi connectivity index (χ1v) is 9.73. The number of nitrogens with zero attached hydrogens (tertiary/aromatic N) is 4. The summed E-state index contributed by atoms with van der Waals surface area (Å²) in [6.45, 7) is 1.65. The van der Waals surface area contributed by atoms with E-state index >= 15 is 0 Å². The predicted molar refractivity (Wildman–Crippen MR) is 98.0 cm³/mol. The van der Waals surface area contributed by atoms with Crippen LogP contribution in [0.25, 0.3) is 5.69 Å². The molecule has 3 rings (SSSR count). The first-order chi connectivity index (χ1) is 13.0. The highest BCUT2D eigenvalue weighted by Crippen LogP contribution is 2.23. The Labute approximate surface area is 160 Å². The molecule has 0 bridgehead atoms. The average molecular weight is 392 g/mol. The van der Waals surface area contributed by atoms with E-state index in [1.165, 1.54) is 23.2 Å². The largest absolute Gasteiger partial charge is 0.335 e. The normalized spacial score (nSPS) is 15.9. The van der Waals surface area contributed by atoms with Crippen LogP contribution in [0.2, 0.25) is 0 Å². The summed E-state index contributed by atoms with van der Waals surface area (Å²) in [5.41, 5.74) is 0.449. The lowest BCUT2D eigenvalue weighted by atomic mass is 9.96. The molecule has 2 aromatic rings. The number of tetrazole rings is 1. The molecule has 1 aliphatic carbocycles. The molecule has 10 heteroatoms. The van der Waals surface area contributed by atoms with Crippen LogP contribution < -0.4 is 10.6 Å². The summed E-state index contributed by atoms with van der Waals surface area (Å²) in [6, 6.07) is 5.46. The third-order valence-corrected chi connectivity index (χ3v) is 5.36. The van der Waals surface area contributed by atoms with Crippen molar-refractivity contribution >= 4 is 23.7 Å². The maximum absolute atomic E-state index is 13.4. The highest BCUT2D eigenvalue weighted by molar-refractivity contribution is 8.00. The van der Waals surface area contributed by atoms with E-state index in [9.17, 15) is 14.0 Å². The summed E-state index contributed by atoms with van der Waals surface area (Å²) >= 11 is 1.09. The lowest BCUT2D eigenvalue weighted by molar-refractivity contribution is -0.119. The predicted octanol–water partition coefficient (Wildman–Crippen LogP) is 2.44. The van der Waals surface area contributed by atoms with E-state index in [-0.39, 0.29) is 6.04 Å². The molecule has 0 spiro atoms. The van der Waals surface area contributed by atoms with Gasteiger partial charge in [0, 0.05) is 6.04 Å². The number of halogens is 1. The van der Waals surface area contributed by atoms with Gasteiger partial charge in [-0.05, 0) is 48.4 Å². The minimum Gasteiger partial charge on any atom is -0.335 e. The fraction of sp³-hybridized carbons (Fsp3) is 0.471. The monoisotopic (exact) mass is 392 g/mol. The van der Waals surface area contributed by atoms with Gasteiger partial charge in [-0.1, -0.05) is 37.1 Å². The van der Waals surface area contributed by atoms with Crippen LogP contribution in [-0.2, 0) is 4.79 Å². The molecule has 0 aliphatic heterocycles. The van der Waals surface area contributed by atoms with Gasteiger partial charge < -0.3 is 5.32 Å². The molecule has 1 aliphatic rings. The molecule has 8 nitrogen and oxygen atoms in total. The Balaban J connectivity index is 1.57. The van der Waals surface area contributed by atoms with Crippen LogP contribution in [-0.4, -0.2) is 43.4 Å². The fourth-order valence-corrected chi connectivity index (χ4v) is 3.72. The van der Waals surface area contributed by atoms with Crippen LogP contribution >= 0.6 is 11.8 Å². The Kier molecular flexibility index (Phi) is 6.38. The number of hydrogen-bond donors (Lipinski definition) is 2. The van der Waals surface area contributed by atoms with Crippen molar-refractivity contribution in [1.82, 2.24) is 30.8 Å². The topological polar surface area (TPSA) is 102 Å². The SMILES string of the molecule is C[C@H](Sc1nnnn1-c1cccc(F)c1)C(=O)NC(=O)NC1CCCCC1. The smallest absolute Gasteiger partial charge is 0.321 e. The van der Waals surface area contributed by atoms with Crippen molar-refractivity contribution in [2.45, 2.75) is 55.5 Å². The number of carbonyl (C=O) groups is 2. The summed E-state index contributed by atoms with van der Waals surface area (Å²) in [5, 5.41) is 16.2. The third-order valence-electron chi connectivity index (χ3n) is 4.32. The van der Waals surface area contributed by atoms with Gasteiger partial charge in [-0.25, -0.2) is 9.18 Å². The Morgan fingerprint density at radius 1 is 1.30 bits per heavy atom. The molecule has 0 radical (unpaired) electrons. The zero-order valence-electron chi connectivity index (χ0n) is 14.9. The number of amides is 3. The summed E-state index contributed by atoms with van der Waals surface area (Å²) in [7, 11) is 0. The average Bonchev–Trinajstić information content (AvgIpc) is 3.10. The second-order valence-electron chi connectivity index (χ2n) is 6.41. The Morgan fingerprint density at radius 2 is 2.07 bits per heavy atom. The first-order valence-electron chi connectivity index (χ1n) is 8.85. The van der Waals surface area contributed by atoms with Gasteiger partial charge in [0.25, 0.3) is 0 Å². The maximum atomic E-state index is 13.4.